The van der Waals surface area contributed by atoms with Crippen LogP contribution in [0.25, 0.3) is 38.7 Å². The Bertz CT molecular complexity index is 1660. The molecule has 0 aromatic carbocycles. The number of pyridine rings is 3. The largest absolute Gasteiger partial charge is 0.499 e. The molecule has 6 rings (SSSR count). The Morgan fingerprint density at radius 2 is 1.95 bits per heavy atom. The van der Waals surface area contributed by atoms with E-state index in [1.165, 1.54) is 11.1 Å². The first kappa shape index (κ1) is 29.5. The summed E-state index contributed by atoms with van der Waals surface area (Å²) >= 11 is 0. The first-order valence-corrected chi connectivity index (χ1v) is 13.9. The van der Waals surface area contributed by atoms with Crippen LogP contribution in [0.4, 0.5) is 5.82 Å². The Balaban J connectivity index is 0.00000353. The molecule has 0 spiro atoms. The lowest BCUT2D eigenvalue weighted by molar-refractivity contribution is 0.0258. The van der Waals surface area contributed by atoms with Crippen molar-refractivity contribution in [2.24, 2.45) is 0 Å². The van der Waals surface area contributed by atoms with Crippen LogP contribution in [0.1, 0.15) is 53.1 Å². The number of carbonyl (C=O) groups excluding carboxylic acids is 1. The number of ether oxygens (including phenoxy) is 2. The minimum atomic E-state index is -0.213. The molecule has 42 heavy (non-hydrogen) atoms. The van der Waals surface area contributed by atoms with Gasteiger partial charge in [0.2, 0.25) is 0 Å². The number of aliphatic hydroxyl groups excluding tert-OH is 1. The summed E-state index contributed by atoms with van der Waals surface area (Å²) in [6.45, 7) is 11.1. The van der Waals surface area contributed by atoms with E-state index in [9.17, 15) is 4.79 Å². The van der Waals surface area contributed by atoms with Crippen LogP contribution in [0.2, 0.25) is 0 Å². The number of aliphatic hydroxyl groups is 1. The number of nitrogens with zero attached hydrogens (tertiary/aromatic N) is 5. The molecule has 0 unspecified atom stereocenters. The Labute approximate surface area is 249 Å². The second kappa shape index (κ2) is 12.4. The number of hydrogen-bond acceptors (Lipinski definition) is 8. The molecule has 0 atom stereocenters. The van der Waals surface area contributed by atoms with E-state index in [4.69, 9.17) is 35.5 Å². The number of aromatic nitrogens is 3. The maximum Gasteiger partial charge on any atom is 0.312 e. The molecule has 1 amide bonds. The zero-order valence-corrected chi connectivity index (χ0v) is 24.3. The van der Waals surface area contributed by atoms with Gasteiger partial charge in [-0.3, -0.25) is 14.8 Å². The van der Waals surface area contributed by atoms with Gasteiger partial charge >= 0.3 is 5.82 Å². The van der Waals surface area contributed by atoms with Crippen LogP contribution >= 0.6 is 12.4 Å². The van der Waals surface area contributed by atoms with Crippen LogP contribution in [0.15, 0.2) is 41.1 Å². The summed E-state index contributed by atoms with van der Waals surface area (Å²) in [5.41, 5.74) is 5.61. The van der Waals surface area contributed by atoms with Gasteiger partial charge in [0.15, 0.2) is 17.0 Å². The fourth-order valence-electron chi connectivity index (χ4n) is 5.22. The SMILES string of the molecule is Cl.[C-]#[N+]c1nc(-c2c(C3CC3)cnc3cc(-c4ncc(C(=O)N(C)CCO)cc4C)oc23)ccc1OC1CCOCC1. The average Bonchev–Trinajstić information content (AvgIpc) is 3.75. The highest BCUT2D eigenvalue weighted by Gasteiger charge is 2.32. The Morgan fingerprint density at radius 3 is 2.64 bits per heavy atom. The topological polar surface area (TPSA) is 115 Å². The van der Waals surface area contributed by atoms with Crippen molar-refractivity contribution in [1.82, 2.24) is 19.9 Å². The van der Waals surface area contributed by atoms with Crippen molar-refractivity contribution in [3.8, 4) is 28.5 Å². The van der Waals surface area contributed by atoms with E-state index in [1.54, 1.807) is 13.1 Å². The molecular weight excluding hydrogens is 558 g/mol. The van der Waals surface area contributed by atoms with E-state index in [0.717, 1.165) is 42.4 Å². The first-order chi connectivity index (χ1) is 20.0. The number of furan rings is 1. The Hall–Kier alpha value is -4.04. The van der Waals surface area contributed by atoms with Crippen molar-refractivity contribution >= 4 is 35.2 Å². The molecule has 1 aliphatic heterocycles. The third kappa shape index (κ3) is 5.81. The van der Waals surface area contributed by atoms with E-state index >= 15 is 0 Å². The molecule has 218 valence electrons. The maximum absolute atomic E-state index is 12.7. The summed E-state index contributed by atoms with van der Waals surface area (Å²) in [5.74, 6) is 1.39. The average molecular weight is 590 g/mol. The third-order valence-corrected chi connectivity index (χ3v) is 7.59. The van der Waals surface area contributed by atoms with Crippen LogP contribution < -0.4 is 4.74 Å². The van der Waals surface area contributed by atoms with E-state index < -0.39 is 0 Å². The normalized spacial score (nSPS) is 15.2. The molecule has 4 aromatic rings. The van der Waals surface area contributed by atoms with Crippen LogP contribution in [0.3, 0.4) is 0 Å². The number of rotatable bonds is 8. The third-order valence-electron chi connectivity index (χ3n) is 7.59. The lowest BCUT2D eigenvalue weighted by atomic mass is 10.0. The molecule has 11 heteroatoms. The molecule has 0 bridgehead atoms. The summed E-state index contributed by atoms with van der Waals surface area (Å²) < 4.78 is 18.0. The minimum absolute atomic E-state index is 0. The standard InChI is InChI=1S/C31H31N5O5.ClH/c1-18-14-20(31(38)36(3)10-11-37)16-34-28(18)26-15-24-29(41-26)27(22(17-33-24)19-4-5-19)23-6-7-25(30(32-2)35-23)40-21-8-12-39-13-9-21;/h6-7,14-17,19,21,37H,4-5,8-13H2,1,3H3;1H. The van der Waals surface area contributed by atoms with Crippen molar-refractivity contribution in [1.29, 1.82) is 0 Å². The van der Waals surface area contributed by atoms with Crippen molar-refractivity contribution < 1.29 is 23.8 Å². The number of halogens is 1. The molecule has 10 nitrogen and oxygen atoms in total. The molecule has 2 fully saturated rings. The smallest absolute Gasteiger partial charge is 0.312 e. The lowest BCUT2D eigenvalue weighted by Crippen LogP contribution is -2.29. The zero-order valence-electron chi connectivity index (χ0n) is 23.5. The van der Waals surface area contributed by atoms with E-state index in [1.807, 2.05) is 31.3 Å². The molecule has 4 aromatic heterocycles. The summed E-state index contributed by atoms with van der Waals surface area (Å²) in [7, 11) is 1.64. The maximum atomic E-state index is 12.7. The molecule has 2 aliphatic rings. The van der Waals surface area contributed by atoms with Gasteiger partial charge in [-0.1, -0.05) is 6.57 Å². The van der Waals surface area contributed by atoms with Crippen molar-refractivity contribution in [2.75, 3.05) is 33.4 Å². The number of likely N-dealkylation sites (N-methyl/N-ethyl adjacent to an activating group) is 1. The van der Waals surface area contributed by atoms with Crippen LogP contribution in [-0.2, 0) is 4.74 Å². The van der Waals surface area contributed by atoms with Gasteiger partial charge in [0, 0.05) is 44.9 Å². The molecule has 1 saturated carbocycles. The molecule has 0 radical (unpaired) electrons. The number of carbonyl (C=O) groups is 1. The first-order valence-electron chi connectivity index (χ1n) is 13.9. The highest BCUT2D eigenvalue weighted by atomic mass is 35.5. The van der Waals surface area contributed by atoms with Gasteiger partial charge in [0.1, 0.15) is 23.1 Å². The van der Waals surface area contributed by atoms with E-state index in [2.05, 4.69) is 9.83 Å². The molecule has 5 heterocycles. The minimum Gasteiger partial charge on any atom is -0.499 e. The molecule has 1 saturated heterocycles. The summed E-state index contributed by atoms with van der Waals surface area (Å²) in [6.07, 6.45) is 7.12. The van der Waals surface area contributed by atoms with Crippen molar-refractivity contribution in [3.63, 3.8) is 0 Å². The molecule has 1 N–H and O–H groups in total. The Kier molecular flexibility index (Phi) is 8.73. The predicted molar refractivity (Wildman–Crippen MR) is 159 cm³/mol. The summed E-state index contributed by atoms with van der Waals surface area (Å²) in [6, 6.07) is 7.34. The van der Waals surface area contributed by atoms with Crippen molar-refractivity contribution in [3.05, 3.63) is 64.8 Å². The van der Waals surface area contributed by atoms with E-state index in [-0.39, 0.29) is 43.4 Å². The van der Waals surface area contributed by atoms with E-state index in [0.29, 0.717) is 58.7 Å². The van der Waals surface area contributed by atoms with Gasteiger partial charge in [0.25, 0.3) is 5.91 Å². The van der Waals surface area contributed by atoms with Gasteiger partial charge in [-0.25, -0.2) is 0 Å². The molecular formula is C31H32ClN5O5. The number of fused-ring (bicyclic) bond motifs is 1. The van der Waals surface area contributed by atoms with Crippen LogP contribution in [-0.4, -0.2) is 70.4 Å². The van der Waals surface area contributed by atoms with Gasteiger partial charge < -0.3 is 28.7 Å². The Morgan fingerprint density at radius 1 is 1.17 bits per heavy atom. The van der Waals surface area contributed by atoms with Crippen molar-refractivity contribution in [2.45, 2.75) is 44.6 Å². The fraction of sp³-hybridized carbons (Fsp3) is 0.387. The lowest BCUT2D eigenvalue weighted by Gasteiger charge is -2.23. The van der Waals surface area contributed by atoms with Gasteiger partial charge in [-0.05, 0) is 55.0 Å². The number of aryl methyl sites for hydroxylation is 1. The summed E-state index contributed by atoms with van der Waals surface area (Å²) in [4.78, 5) is 31.8. The summed E-state index contributed by atoms with van der Waals surface area (Å²) in [5, 5.41) is 9.16. The highest BCUT2D eigenvalue weighted by Crippen LogP contribution is 2.47. The number of amides is 1. The predicted octanol–water partition coefficient (Wildman–Crippen LogP) is 5.73. The van der Waals surface area contributed by atoms with Gasteiger partial charge in [0.05, 0.1) is 30.9 Å². The van der Waals surface area contributed by atoms with Crippen LogP contribution in [0, 0.1) is 13.5 Å². The zero-order chi connectivity index (χ0) is 28.5. The van der Waals surface area contributed by atoms with Gasteiger partial charge in [-0.15, -0.1) is 17.4 Å². The second-order valence-electron chi connectivity index (χ2n) is 10.6. The quantitative estimate of drug-likeness (QED) is 0.259. The fourth-order valence-corrected chi connectivity index (χ4v) is 5.22. The molecule has 1 aliphatic carbocycles. The van der Waals surface area contributed by atoms with Gasteiger partial charge in [-0.2, -0.15) is 0 Å². The monoisotopic (exact) mass is 589 g/mol. The second-order valence-corrected chi connectivity index (χ2v) is 10.6. The number of hydrogen-bond donors (Lipinski definition) is 1. The highest BCUT2D eigenvalue weighted by molar-refractivity contribution is 5.95. The van der Waals surface area contributed by atoms with Crippen LogP contribution in [0.5, 0.6) is 5.75 Å².